The molecule has 2 unspecified atom stereocenters. The number of rotatable bonds is 7. The van der Waals surface area contributed by atoms with Crippen LogP contribution in [0.4, 0.5) is 0 Å². The van der Waals surface area contributed by atoms with Gasteiger partial charge in [-0.05, 0) is 18.8 Å². The summed E-state index contributed by atoms with van der Waals surface area (Å²) in [6.45, 7) is 6.40. The van der Waals surface area contributed by atoms with Crippen molar-refractivity contribution < 1.29 is 9.84 Å². The van der Waals surface area contributed by atoms with Crippen molar-refractivity contribution in [1.29, 1.82) is 0 Å². The Bertz CT molecular complexity index is 107. The third-order valence-corrected chi connectivity index (χ3v) is 2.86. The molecule has 0 heterocycles. The van der Waals surface area contributed by atoms with Crippen molar-refractivity contribution in [2.24, 2.45) is 5.92 Å². The molecule has 13 heavy (non-hydrogen) atoms. The molecule has 0 aliphatic rings. The van der Waals surface area contributed by atoms with E-state index in [0.29, 0.717) is 5.92 Å². The standard InChI is InChI=1S/C11H24O2/c1-5-9(6-2)8-10(12)11(7-3)13-4/h9-12H,5-8H2,1-4H3. The molecule has 0 saturated carbocycles. The first-order valence-corrected chi connectivity index (χ1v) is 5.40. The molecule has 0 aromatic rings. The second-order valence-electron chi connectivity index (χ2n) is 3.67. The summed E-state index contributed by atoms with van der Waals surface area (Å²) in [4.78, 5) is 0. The summed E-state index contributed by atoms with van der Waals surface area (Å²) in [6.07, 6.45) is 3.78. The fourth-order valence-electron chi connectivity index (χ4n) is 1.71. The van der Waals surface area contributed by atoms with E-state index >= 15 is 0 Å². The van der Waals surface area contributed by atoms with Crippen molar-refractivity contribution >= 4 is 0 Å². The SMILES string of the molecule is CCC(CC)CC(O)C(CC)OC. The summed E-state index contributed by atoms with van der Waals surface area (Å²) < 4.78 is 5.20. The molecule has 0 aromatic heterocycles. The predicted octanol–water partition coefficient (Wildman–Crippen LogP) is 2.60. The second-order valence-corrected chi connectivity index (χ2v) is 3.67. The van der Waals surface area contributed by atoms with Crippen LogP contribution in [0.1, 0.15) is 46.5 Å². The quantitative estimate of drug-likeness (QED) is 0.665. The Labute approximate surface area is 82.3 Å². The largest absolute Gasteiger partial charge is 0.390 e. The zero-order valence-corrected chi connectivity index (χ0v) is 9.42. The molecule has 2 nitrogen and oxygen atoms in total. The van der Waals surface area contributed by atoms with Gasteiger partial charge in [-0.15, -0.1) is 0 Å². The van der Waals surface area contributed by atoms with Crippen LogP contribution in [0, 0.1) is 5.92 Å². The van der Waals surface area contributed by atoms with Crippen molar-refractivity contribution in [3.05, 3.63) is 0 Å². The van der Waals surface area contributed by atoms with Gasteiger partial charge < -0.3 is 9.84 Å². The lowest BCUT2D eigenvalue weighted by molar-refractivity contribution is -0.0250. The number of aliphatic hydroxyl groups is 1. The van der Waals surface area contributed by atoms with E-state index in [4.69, 9.17) is 4.74 Å². The van der Waals surface area contributed by atoms with Crippen molar-refractivity contribution in [3.8, 4) is 0 Å². The van der Waals surface area contributed by atoms with Gasteiger partial charge in [0.2, 0.25) is 0 Å². The maximum absolute atomic E-state index is 9.82. The highest BCUT2D eigenvalue weighted by Gasteiger charge is 2.19. The molecule has 0 aliphatic heterocycles. The Hall–Kier alpha value is -0.0800. The van der Waals surface area contributed by atoms with Crippen LogP contribution in [0.15, 0.2) is 0 Å². The van der Waals surface area contributed by atoms with E-state index in [9.17, 15) is 5.11 Å². The van der Waals surface area contributed by atoms with Crippen LogP contribution < -0.4 is 0 Å². The maximum atomic E-state index is 9.82. The second kappa shape index (κ2) is 7.34. The molecule has 2 heteroatoms. The van der Waals surface area contributed by atoms with E-state index in [1.54, 1.807) is 7.11 Å². The first kappa shape index (κ1) is 12.9. The number of hydrogen-bond donors (Lipinski definition) is 1. The average Bonchev–Trinajstić information content (AvgIpc) is 2.16. The Morgan fingerprint density at radius 3 is 1.92 bits per heavy atom. The summed E-state index contributed by atoms with van der Waals surface area (Å²) >= 11 is 0. The van der Waals surface area contributed by atoms with E-state index in [0.717, 1.165) is 25.7 Å². The summed E-state index contributed by atoms with van der Waals surface area (Å²) in [6, 6.07) is 0. The molecule has 0 aliphatic carbocycles. The lowest BCUT2D eigenvalue weighted by Gasteiger charge is -2.23. The minimum atomic E-state index is -0.292. The van der Waals surface area contributed by atoms with E-state index in [1.165, 1.54) is 0 Å². The van der Waals surface area contributed by atoms with Crippen molar-refractivity contribution in [1.82, 2.24) is 0 Å². The number of ether oxygens (including phenoxy) is 1. The van der Waals surface area contributed by atoms with Crippen LogP contribution in [-0.4, -0.2) is 24.4 Å². The monoisotopic (exact) mass is 188 g/mol. The molecule has 0 saturated heterocycles. The summed E-state index contributed by atoms with van der Waals surface area (Å²) in [5, 5.41) is 9.82. The van der Waals surface area contributed by atoms with E-state index < -0.39 is 0 Å². The predicted molar refractivity (Wildman–Crippen MR) is 55.8 cm³/mol. The van der Waals surface area contributed by atoms with Crippen LogP contribution in [-0.2, 0) is 4.74 Å². The number of aliphatic hydroxyl groups excluding tert-OH is 1. The fourth-order valence-corrected chi connectivity index (χ4v) is 1.71. The molecule has 80 valence electrons. The third kappa shape index (κ3) is 4.63. The van der Waals surface area contributed by atoms with Gasteiger partial charge in [-0.1, -0.05) is 33.6 Å². The smallest absolute Gasteiger partial charge is 0.0827 e. The zero-order valence-electron chi connectivity index (χ0n) is 9.42. The highest BCUT2D eigenvalue weighted by molar-refractivity contribution is 4.70. The van der Waals surface area contributed by atoms with Crippen LogP contribution in [0.2, 0.25) is 0 Å². The Kier molecular flexibility index (Phi) is 7.29. The summed E-state index contributed by atoms with van der Waals surface area (Å²) in [5.41, 5.74) is 0. The molecule has 0 rings (SSSR count). The topological polar surface area (TPSA) is 29.5 Å². The summed E-state index contributed by atoms with van der Waals surface area (Å²) in [7, 11) is 1.67. The van der Waals surface area contributed by atoms with Crippen LogP contribution >= 0.6 is 0 Å². The van der Waals surface area contributed by atoms with Gasteiger partial charge >= 0.3 is 0 Å². The summed E-state index contributed by atoms with van der Waals surface area (Å²) in [5.74, 6) is 0.638. The van der Waals surface area contributed by atoms with Crippen LogP contribution in [0.3, 0.4) is 0 Å². The number of methoxy groups -OCH3 is 1. The molecule has 0 amide bonds. The van der Waals surface area contributed by atoms with Crippen molar-refractivity contribution in [2.45, 2.75) is 58.7 Å². The lowest BCUT2D eigenvalue weighted by atomic mass is 9.93. The molecule has 0 bridgehead atoms. The maximum Gasteiger partial charge on any atom is 0.0827 e. The Balaban J connectivity index is 3.87. The van der Waals surface area contributed by atoms with E-state index in [2.05, 4.69) is 13.8 Å². The highest BCUT2D eigenvalue weighted by Crippen LogP contribution is 2.18. The minimum absolute atomic E-state index is 0.0144. The molecular formula is C11H24O2. The van der Waals surface area contributed by atoms with Gasteiger partial charge in [0.25, 0.3) is 0 Å². The van der Waals surface area contributed by atoms with Gasteiger partial charge in [0.1, 0.15) is 0 Å². The average molecular weight is 188 g/mol. The molecule has 0 aromatic carbocycles. The van der Waals surface area contributed by atoms with Gasteiger partial charge in [-0.2, -0.15) is 0 Å². The van der Waals surface area contributed by atoms with E-state index in [1.807, 2.05) is 6.92 Å². The molecule has 0 fully saturated rings. The van der Waals surface area contributed by atoms with Crippen LogP contribution in [0.5, 0.6) is 0 Å². The van der Waals surface area contributed by atoms with Gasteiger partial charge in [-0.25, -0.2) is 0 Å². The Morgan fingerprint density at radius 1 is 1.08 bits per heavy atom. The molecule has 0 radical (unpaired) electrons. The fraction of sp³-hybridized carbons (Fsp3) is 1.00. The molecular weight excluding hydrogens is 164 g/mol. The number of hydrogen-bond acceptors (Lipinski definition) is 2. The first-order chi connectivity index (χ1) is 6.19. The zero-order chi connectivity index (χ0) is 10.3. The Morgan fingerprint density at radius 2 is 1.62 bits per heavy atom. The lowest BCUT2D eigenvalue weighted by Crippen LogP contribution is -2.29. The van der Waals surface area contributed by atoms with Gasteiger partial charge in [0.15, 0.2) is 0 Å². The third-order valence-electron chi connectivity index (χ3n) is 2.86. The van der Waals surface area contributed by atoms with Crippen LogP contribution in [0.25, 0.3) is 0 Å². The normalized spacial score (nSPS) is 16.2. The molecule has 1 N–H and O–H groups in total. The van der Waals surface area contributed by atoms with E-state index in [-0.39, 0.29) is 12.2 Å². The van der Waals surface area contributed by atoms with Crippen molar-refractivity contribution in [3.63, 3.8) is 0 Å². The highest BCUT2D eigenvalue weighted by atomic mass is 16.5. The van der Waals surface area contributed by atoms with Crippen molar-refractivity contribution in [2.75, 3.05) is 7.11 Å². The molecule has 2 atom stereocenters. The van der Waals surface area contributed by atoms with Gasteiger partial charge in [0, 0.05) is 7.11 Å². The van der Waals surface area contributed by atoms with Gasteiger partial charge in [0.05, 0.1) is 12.2 Å². The van der Waals surface area contributed by atoms with Gasteiger partial charge in [-0.3, -0.25) is 0 Å². The minimum Gasteiger partial charge on any atom is -0.390 e. The first-order valence-electron chi connectivity index (χ1n) is 5.40. The molecule has 0 spiro atoms.